The topological polar surface area (TPSA) is 38.0 Å². The highest BCUT2D eigenvalue weighted by molar-refractivity contribution is 9.10. The first-order valence-corrected chi connectivity index (χ1v) is 6.86. The molecule has 0 radical (unpaired) electrons. The number of hydrogen-bond donors (Lipinski definition) is 1. The van der Waals surface area contributed by atoms with Crippen LogP contribution in [-0.4, -0.2) is 14.7 Å². The number of rotatable bonds is 2. The number of aliphatic hydroxyl groups excluding tert-OH is 1. The van der Waals surface area contributed by atoms with Gasteiger partial charge in [0, 0.05) is 10.2 Å². The molecule has 1 N–H and O–H groups in total. The Hall–Kier alpha value is -1.65. The van der Waals surface area contributed by atoms with Gasteiger partial charge < -0.3 is 5.11 Å². The summed E-state index contributed by atoms with van der Waals surface area (Å²) >= 11 is 3.50. The summed E-state index contributed by atoms with van der Waals surface area (Å²) in [6.07, 6.45) is 1.33. The van der Waals surface area contributed by atoms with Crippen LogP contribution in [0.4, 0.5) is 0 Å². The fraction of sp³-hybridized carbons (Fsp3) is 0.133. The molecule has 96 valence electrons. The van der Waals surface area contributed by atoms with Crippen molar-refractivity contribution in [2.45, 2.75) is 13.0 Å². The van der Waals surface area contributed by atoms with Crippen LogP contribution in [0, 0.1) is 0 Å². The fourth-order valence-electron chi connectivity index (χ4n) is 2.17. The summed E-state index contributed by atoms with van der Waals surface area (Å²) in [5, 5.41) is 9.65. The zero-order valence-electron chi connectivity index (χ0n) is 10.4. The third kappa shape index (κ3) is 2.17. The molecule has 3 aromatic rings. The SMILES string of the molecule is C[C@@H](O)c1ccc(-n2cnc3ccccc32)cc1Br. The van der Waals surface area contributed by atoms with Gasteiger partial charge in [0.1, 0.15) is 6.33 Å². The average Bonchev–Trinajstić information content (AvgIpc) is 2.82. The standard InChI is InChI=1S/C15H13BrN2O/c1-10(19)12-7-6-11(8-13(12)16)18-9-17-14-4-2-3-5-15(14)18/h2-10,19H,1H3/t10-/m1/s1. The molecule has 2 aromatic carbocycles. The normalized spacial score (nSPS) is 12.8. The molecule has 0 amide bonds. The lowest BCUT2D eigenvalue weighted by molar-refractivity contribution is 0.198. The van der Waals surface area contributed by atoms with E-state index in [9.17, 15) is 5.11 Å². The second-order valence-electron chi connectivity index (χ2n) is 4.49. The van der Waals surface area contributed by atoms with Crippen LogP contribution >= 0.6 is 15.9 Å². The Morgan fingerprint density at radius 2 is 2.00 bits per heavy atom. The van der Waals surface area contributed by atoms with E-state index in [-0.39, 0.29) is 0 Å². The lowest BCUT2D eigenvalue weighted by atomic mass is 10.1. The van der Waals surface area contributed by atoms with Crippen LogP contribution in [0.15, 0.2) is 53.3 Å². The van der Waals surface area contributed by atoms with Crippen molar-refractivity contribution < 1.29 is 5.11 Å². The summed E-state index contributed by atoms with van der Waals surface area (Å²) in [7, 11) is 0. The number of para-hydroxylation sites is 2. The maximum atomic E-state index is 9.65. The largest absolute Gasteiger partial charge is 0.389 e. The van der Waals surface area contributed by atoms with Gasteiger partial charge in [0.05, 0.1) is 17.1 Å². The quantitative estimate of drug-likeness (QED) is 0.780. The van der Waals surface area contributed by atoms with E-state index in [1.807, 2.05) is 53.4 Å². The Balaban J connectivity index is 2.14. The van der Waals surface area contributed by atoms with E-state index >= 15 is 0 Å². The zero-order valence-corrected chi connectivity index (χ0v) is 12.0. The average molecular weight is 317 g/mol. The number of aliphatic hydroxyl groups is 1. The van der Waals surface area contributed by atoms with E-state index in [4.69, 9.17) is 0 Å². The van der Waals surface area contributed by atoms with E-state index in [2.05, 4.69) is 20.9 Å². The number of fused-ring (bicyclic) bond motifs is 1. The first-order valence-electron chi connectivity index (χ1n) is 6.07. The Labute approximate surface area is 119 Å². The molecule has 0 aliphatic rings. The monoisotopic (exact) mass is 316 g/mol. The van der Waals surface area contributed by atoms with Crippen LogP contribution < -0.4 is 0 Å². The summed E-state index contributed by atoms with van der Waals surface area (Å²) < 4.78 is 2.93. The highest BCUT2D eigenvalue weighted by atomic mass is 79.9. The van der Waals surface area contributed by atoms with E-state index in [1.54, 1.807) is 6.92 Å². The van der Waals surface area contributed by atoms with Gasteiger partial charge in [-0.05, 0) is 36.8 Å². The first kappa shape index (κ1) is 12.4. The van der Waals surface area contributed by atoms with E-state index in [0.29, 0.717) is 0 Å². The molecular weight excluding hydrogens is 304 g/mol. The van der Waals surface area contributed by atoms with Crippen molar-refractivity contribution in [3.05, 3.63) is 58.8 Å². The van der Waals surface area contributed by atoms with Gasteiger partial charge in [-0.25, -0.2) is 4.98 Å². The van der Waals surface area contributed by atoms with Crippen LogP contribution in [-0.2, 0) is 0 Å². The summed E-state index contributed by atoms with van der Waals surface area (Å²) in [5.41, 5.74) is 3.94. The molecule has 4 heteroatoms. The van der Waals surface area contributed by atoms with Crippen LogP contribution in [0.2, 0.25) is 0 Å². The Morgan fingerprint density at radius 1 is 1.21 bits per heavy atom. The van der Waals surface area contributed by atoms with Gasteiger partial charge in [0.15, 0.2) is 0 Å². The molecule has 0 saturated carbocycles. The second-order valence-corrected chi connectivity index (χ2v) is 5.34. The van der Waals surface area contributed by atoms with Crippen LogP contribution in [0.5, 0.6) is 0 Å². The molecule has 0 aliphatic carbocycles. The van der Waals surface area contributed by atoms with Crippen molar-refractivity contribution >= 4 is 27.0 Å². The van der Waals surface area contributed by atoms with Crippen LogP contribution in [0.1, 0.15) is 18.6 Å². The number of benzene rings is 2. The number of hydrogen-bond acceptors (Lipinski definition) is 2. The third-order valence-corrected chi connectivity index (χ3v) is 3.85. The van der Waals surface area contributed by atoms with E-state index in [1.165, 1.54) is 0 Å². The van der Waals surface area contributed by atoms with Gasteiger partial charge in [-0.1, -0.05) is 34.1 Å². The van der Waals surface area contributed by atoms with Crippen molar-refractivity contribution in [2.24, 2.45) is 0 Å². The molecule has 0 unspecified atom stereocenters. The minimum Gasteiger partial charge on any atom is -0.389 e. The number of nitrogens with zero attached hydrogens (tertiary/aromatic N) is 2. The predicted molar refractivity (Wildman–Crippen MR) is 79.4 cm³/mol. The van der Waals surface area contributed by atoms with Crippen molar-refractivity contribution in [1.29, 1.82) is 0 Å². The van der Waals surface area contributed by atoms with E-state index < -0.39 is 6.10 Å². The van der Waals surface area contributed by atoms with Gasteiger partial charge in [0.2, 0.25) is 0 Å². The van der Waals surface area contributed by atoms with E-state index in [0.717, 1.165) is 26.8 Å². The molecule has 1 atom stereocenters. The Bertz CT molecular complexity index is 734. The van der Waals surface area contributed by atoms with Crippen molar-refractivity contribution in [2.75, 3.05) is 0 Å². The molecular formula is C15H13BrN2O. The highest BCUT2D eigenvalue weighted by Gasteiger charge is 2.09. The predicted octanol–water partition coefficient (Wildman–Crippen LogP) is 3.84. The molecule has 0 fully saturated rings. The number of imidazole rings is 1. The van der Waals surface area contributed by atoms with Crippen molar-refractivity contribution in [3.8, 4) is 5.69 Å². The zero-order chi connectivity index (χ0) is 13.4. The minimum absolute atomic E-state index is 0.483. The summed E-state index contributed by atoms with van der Waals surface area (Å²) in [4.78, 5) is 4.38. The van der Waals surface area contributed by atoms with Crippen molar-refractivity contribution in [1.82, 2.24) is 9.55 Å². The van der Waals surface area contributed by atoms with Gasteiger partial charge in [0.25, 0.3) is 0 Å². The van der Waals surface area contributed by atoms with Gasteiger partial charge >= 0.3 is 0 Å². The smallest absolute Gasteiger partial charge is 0.100 e. The summed E-state index contributed by atoms with van der Waals surface area (Å²) in [6.45, 7) is 1.76. The first-order chi connectivity index (χ1) is 9.16. The maximum Gasteiger partial charge on any atom is 0.100 e. The maximum absolute atomic E-state index is 9.65. The summed E-state index contributed by atoms with van der Waals surface area (Å²) in [6, 6.07) is 13.9. The molecule has 1 aromatic heterocycles. The molecule has 3 rings (SSSR count). The lowest BCUT2D eigenvalue weighted by Crippen LogP contribution is -1.96. The molecule has 1 heterocycles. The molecule has 0 spiro atoms. The van der Waals surface area contributed by atoms with Gasteiger partial charge in [-0.3, -0.25) is 4.57 Å². The Kier molecular flexibility index (Phi) is 3.12. The fourth-order valence-corrected chi connectivity index (χ4v) is 2.87. The number of halogens is 1. The highest BCUT2D eigenvalue weighted by Crippen LogP contribution is 2.27. The van der Waals surface area contributed by atoms with Crippen LogP contribution in [0.3, 0.4) is 0 Å². The minimum atomic E-state index is -0.483. The third-order valence-electron chi connectivity index (χ3n) is 3.17. The van der Waals surface area contributed by atoms with Gasteiger partial charge in [-0.15, -0.1) is 0 Å². The summed E-state index contributed by atoms with van der Waals surface area (Å²) in [5.74, 6) is 0. The lowest BCUT2D eigenvalue weighted by Gasteiger charge is -2.10. The van der Waals surface area contributed by atoms with Crippen molar-refractivity contribution in [3.63, 3.8) is 0 Å². The molecule has 19 heavy (non-hydrogen) atoms. The van der Waals surface area contributed by atoms with Crippen LogP contribution in [0.25, 0.3) is 16.7 Å². The molecule has 0 aliphatic heterocycles. The molecule has 0 bridgehead atoms. The Morgan fingerprint density at radius 3 is 2.74 bits per heavy atom. The second kappa shape index (κ2) is 4.79. The molecule has 0 saturated heterocycles. The molecule has 3 nitrogen and oxygen atoms in total. The van der Waals surface area contributed by atoms with Gasteiger partial charge in [-0.2, -0.15) is 0 Å². The number of aromatic nitrogens is 2.